The molecule has 5 nitrogen and oxygen atoms in total. The molecule has 0 spiro atoms. The number of hydrogen-bond acceptors (Lipinski definition) is 4. The summed E-state index contributed by atoms with van der Waals surface area (Å²) < 4.78 is 10.7. The number of ether oxygens (including phenoxy) is 1. The van der Waals surface area contributed by atoms with Crippen molar-refractivity contribution in [2.75, 3.05) is 13.7 Å². The molecule has 0 fully saturated rings. The Morgan fingerprint density at radius 1 is 1.24 bits per heavy atom. The number of nitrogens with one attached hydrogen (secondary N) is 1. The summed E-state index contributed by atoms with van der Waals surface area (Å²) in [4.78, 5) is 23.4. The maximum atomic E-state index is 12.0. The average Bonchev–Trinajstić information content (AvgIpc) is 2.39. The molecule has 0 saturated heterocycles. The first-order chi connectivity index (χ1) is 9.46. The van der Waals surface area contributed by atoms with Gasteiger partial charge in [0.05, 0.1) is 13.2 Å². The summed E-state index contributed by atoms with van der Waals surface area (Å²) >= 11 is 0. The minimum atomic E-state index is -1.86. The van der Waals surface area contributed by atoms with E-state index in [0.29, 0.717) is 13.0 Å². The fraction of sp³-hybridized carbons (Fsp3) is 0.867. The maximum absolute atomic E-state index is 12.0. The molecule has 0 radical (unpaired) electrons. The second-order valence-corrected chi connectivity index (χ2v) is 11.8. The predicted octanol–water partition coefficient (Wildman–Crippen LogP) is 3.35. The molecule has 0 aromatic heterocycles. The number of alkyl carbamates (subject to hydrolysis) is 1. The molecule has 6 heteroatoms. The van der Waals surface area contributed by atoms with Gasteiger partial charge in [-0.2, -0.15) is 0 Å². The molecule has 0 aliphatic rings. The molecule has 0 aromatic carbocycles. The second kappa shape index (κ2) is 7.94. The van der Waals surface area contributed by atoms with Crippen LogP contribution in [0.1, 0.15) is 41.0 Å². The van der Waals surface area contributed by atoms with E-state index < -0.39 is 20.5 Å². The van der Waals surface area contributed by atoms with E-state index in [1.54, 1.807) is 6.92 Å². The van der Waals surface area contributed by atoms with Crippen LogP contribution in [-0.4, -0.2) is 40.0 Å². The zero-order valence-electron chi connectivity index (χ0n) is 14.7. The van der Waals surface area contributed by atoms with Gasteiger partial charge in [-0.3, -0.25) is 4.79 Å². The Balaban J connectivity index is 4.79. The van der Waals surface area contributed by atoms with E-state index >= 15 is 0 Å². The van der Waals surface area contributed by atoms with E-state index in [2.05, 4.69) is 43.9 Å². The Hall–Kier alpha value is -0.883. The van der Waals surface area contributed by atoms with Gasteiger partial charge in [-0.25, -0.2) is 4.79 Å². The standard InChI is InChI=1S/C15H31NO4Si/c1-9-12(17)13(16-14(18)19-6)11(2)10-20-21(7,8)15(3,4)5/h11,13H,9-10H2,1-8H3,(H,16,18)/t11-,13+/m1/s1. The van der Waals surface area contributed by atoms with Crippen molar-refractivity contribution in [2.24, 2.45) is 5.92 Å². The number of rotatable bonds is 7. The third kappa shape index (κ3) is 6.18. The molecule has 1 amide bonds. The van der Waals surface area contributed by atoms with Gasteiger partial charge in [-0.15, -0.1) is 0 Å². The lowest BCUT2D eigenvalue weighted by molar-refractivity contribution is -0.122. The number of amides is 1. The summed E-state index contributed by atoms with van der Waals surface area (Å²) in [5.74, 6) is -0.0996. The predicted molar refractivity (Wildman–Crippen MR) is 86.9 cm³/mol. The van der Waals surface area contributed by atoms with Crippen molar-refractivity contribution < 1.29 is 18.8 Å². The van der Waals surface area contributed by atoms with E-state index in [9.17, 15) is 9.59 Å². The molecule has 2 atom stereocenters. The highest BCUT2D eigenvalue weighted by Gasteiger charge is 2.38. The van der Waals surface area contributed by atoms with Crippen LogP contribution in [0.3, 0.4) is 0 Å². The van der Waals surface area contributed by atoms with E-state index in [4.69, 9.17) is 4.43 Å². The Bertz CT molecular complexity index is 363. The van der Waals surface area contributed by atoms with Gasteiger partial charge >= 0.3 is 6.09 Å². The lowest BCUT2D eigenvalue weighted by Gasteiger charge is -2.37. The van der Waals surface area contributed by atoms with Crippen LogP contribution in [-0.2, 0) is 14.0 Å². The molecule has 21 heavy (non-hydrogen) atoms. The van der Waals surface area contributed by atoms with Crippen molar-refractivity contribution >= 4 is 20.2 Å². The molecule has 0 saturated carbocycles. The van der Waals surface area contributed by atoms with Crippen LogP contribution in [0, 0.1) is 5.92 Å². The zero-order valence-corrected chi connectivity index (χ0v) is 15.7. The van der Waals surface area contributed by atoms with Gasteiger partial charge in [-0.1, -0.05) is 34.6 Å². The van der Waals surface area contributed by atoms with Crippen LogP contribution in [0.5, 0.6) is 0 Å². The third-order valence-electron chi connectivity index (χ3n) is 4.24. The van der Waals surface area contributed by atoms with Gasteiger partial charge in [0.2, 0.25) is 0 Å². The van der Waals surface area contributed by atoms with E-state index in [-0.39, 0.29) is 16.7 Å². The Morgan fingerprint density at radius 2 is 1.76 bits per heavy atom. The molecule has 0 aliphatic heterocycles. The summed E-state index contributed by atoms with van der Waals surface area (Å²) in [5, 5.41) is 2.73. The van der Waals surface area contributed by atoms with Crippen LogP contribution in [0.25, 0.3) is 0 Å². The molecule has 0 unspecified atom stereocenters. The van der Waals surface area contributed by atoms with Crippen molar-refractivity contribution in [3.05, 3.63) is 0 Å². The van der Waals surface area contributed by atoms with Gasteiger partial charge in [0.25, 0.3) is 0 Å². The fourth-order valence-electron chi connectivity index (χ4n) is 1.60. The highest BCUT2D eigenvalue weighted by Crippen LogP contribution is 2.36. The molecule has 1 N–H and O–H groups in total. The largest absolute Gasteiger partial charge is 0.453 e. The van der Waals surface area contributed by atoms with Gasteiger partial charge < -0.3 is 14.5 Å². The highest BCUT2D eigenvalue weighted by atomic mass is 28.4. The molecule has 0 heterocycles. The minimum Gasteiger partial charge on any atom is -0.453 e. The van der Waals surface area contributed by atoms with Crippen molar-refractivity contribution in [3.63, 3.8) is 0 Å². The van der Waals surface area contributed by atoms with Crippen LogP contribution < -0.4 is 5.32 Å². The first-order valence-electron chi connectivity index (χ1n) is 7.47. The first kappa shape index (κ1) is 20.1. The summed E-state index contributed by atoms with van der Waals surface area (Å²) in [6.07, 6.45) is -0.208. The zero-order chi connectivity index (χ0) is 16.8. The van der Waals surface area contributed by atoms with Crippen molar-refractivity contribution in [1.82, 2.24) is 5.32 Å². The van der Waals surface area contributed by atoms with Crippen LogP contribution in [0.2, 0.25) is 18.1 Å². The maximum Gasteiger partial charge on any atom is 0.407 e. The lowest BCUT2D eigenvalue weighted by Crippen LogP contribution is -2.48. The van der Waals surface area contributed by atoms with Gasteiger partial charge in [-0.05, 0) is 18.1 Å². The summed E-state index contributed by atoms with van der Waals surface area (Å²) in [7, 11) is -0.571. The summed E-state index contributed by atoms with van der Waals surface area (Å²) in [5.41, 5.74) is 0. The van der Waals surface area contributed by atoms with Gasteiger partial charge in [0, 0.05) is 18.9 Å². The second-order valence-electron chi connectivity index (χ2n) is 6.98. The SMILES string of the molecule is CCC(=O)[C@@H](NC(=O)OC)[C@H](C)CO[Si](C)(C)C(C)(C)C. The highest BCUT2D eigenvalue weighted by molar-refractivity contribution is 6.74. The number of methoxy groups -OCH3 is 1. The molecular formula is C15H31NO4Si. The Kier molecular flexibility index (Phi) is 7.60. The van der Waals surface area contributed by atoms with Gasteiger partial charge in [0.15, 0.2) is 14.1 Å². The summed E-state index contributed by atoms with van der Waals surface area (Å²) in [6, 6.07) is -0.563. The summed E-state index contributed by atoms with van der Waals surface area (Å²) in [6.45, 7) is 15.0. The van der Waals surface area contributed by atoms with Gasteiger partial charge in [0.1, 0.15) is 0 Å². The smallest absolute Gasteiger partial charge is 0.407 e. The topological polar surface area (TPSA) is 64.6 Å². The third-order valence-corrected chi connectivity index (χ3v) is 8.74. The quantitative estimate of drug-likeness (QED) is 0.731. The van der Waals surface area contributed by atoms with Crippen LogP contribution in [0.4, 0.5) is 4.79 Å². The Morgan fingerprint density at radius 3 is 2.14 bits per heavy atom. The molecule has 124 valence electrons. The molecule has 0 aromatic rings. The number of Topliss-reactive ketones (excluding diaryl/α,β-unsaturated/α-hetero) is 1. The number of carbonyl (C=O) groups excluding carboxylic acids is 2. The number of ketones is 1. The van der Waals surface area contributed by atoms with E-state index in [1.165, 1.54) is 7.11 Å². The first-order valence-corrected chi connectivity index (χ1v) is 10.4. The van der Waals surface area contributed by atoms with Crippen molar-refractivity contribution in [3.8, 4) is 0 Å². The van der Waals surface area contributed by atoms with E-state index in [1.807, 2.05) is 6.92 Å². The fourth-order valence-corrected chi connectivity index (χ4v) is 2.71. The molecule has 0 rings (SSSR count). The molecule has 0 aliphatic carbocycles. The van der Waals surface area contributed by atoms with Crippen molar-refractivity contribution in [2.45, 2.75) is 65.2 Å². The lowest BCUT2D eigenvalue weighted by atomic mass is 9.97. The average molecular weight is 318 g/mol. The Labute approximate surface area is 129 Å². The van der Waals surface area contributed by atoms with E-state index in [0.717, 1.165) is 0 Å². The monoisotopic (exact) mass is 317 g/mol. The minimum absolute atomic E-state index is 0.00766. The van der Waals surface area contributed by atoms with Crippen LogP contribution >= 0.6 is 0 Å². The number of hydrogen-bond donors (Lipinski definition) is 1. The molecule has 0 bridgehead atoms. The molecular weight excluding hydrogens is 286 g/mol. The number of carbonyl (C=O) groups is 2. The van der Waals surface area contributed by atoms with Crippen molar-refractivity contribution in [1.29, 1.82) is 0 Å². The normalized spacial score (nSPS) is 15.2. The van der Waals surface area contributed by atoms with Crippen LogP contribution in [0.15, 0.2) is 0 Å².